The molecule has 0 heterocycles. The Labute approximate surface area is 148 Å². The summed E-state index contributed by atoms with van der Waals surface area (Å²) in [6.45, 7) is 2.32. The van der Waals surface area contributed by atoms with Gasteiger partial charge in [-0.3, -0.25) is 0 Å². The Morgan fingerprint density at radius 1 is 0.833 bits per heavy atom. The van der Waals surface area contributed by atoms with Gasteiger partial charge in [-0.2, -0.15) is 9.65 Å². The molecule has 0 saturated heterocycles. The first-order chi connectivity index (χ1) is 11.7. The Bertz CT molecular complexity index is 406. The molecule has 0 aromatic rings. The average molecular weight is 334 g/mol. The van der Waals surface area contributed by atoms with Gasteiger partial charge in [-0.25, -0.2) is 0 Å². The molecule has 0 N–H and O–H groups in total. The van der Waals surface area contributed by atoms with Gasteiger partial charge < -0.3 is 0 Å². The van der Waals surface area contributed by atoms with Crippen molar-refractivity contribution in [3.05, 3.63) is 11.9 Å². The molecule has 0 atom stereocenters. The van der Waals surface area contributed by atoms with Gasteiger partial charge in [-0.05, 0) is 42.6 Å². The Morgan fingerprint density at radius 3 is 1.67 bits per heavy atom. The lowest BCUT2D eigenvalue weighted by Gasteiger charge is -2.32. The fraction of sp³-hybridized carbons (Fsp3) is 0.864. The average Bonchev–Trinajstić information content (AvgIpc) is 2.62. The van der Waals surface area contributed by atoms with Crippen molar-refractivity contribution in [2.24, 2.45) is 23.7 Å². The molecular formula is C22H36FN. The molecule has 24 heavy (non-hydrogen) atoms. The van der Waals surface area contributed by atoms with Gasteiger partial charge in [0.1, 0.15) is 6.07 Å². The number of hydrogen-bond acceptors (Lipinski definition) is 1. The van der Waals surface area contributed by atoms with Crippen molar-refractivity contribution in [2.45, 2.75) is 96.8 Å². The van der Waals surface area contributed by atoms with Crippen LogP contribution in [-0.2, 0) is 0 Å². The predicted molar refractivity (Wildman–Crippen MR) is 99.1 cm³/mol. The highest BCUT2D eigenvalue weighted by Gasteiger charge is 2.24. The van der Waals surface area contributed by atoms with E-state index in [1.165, 1.54) is 83.1 Å². The number of hydrogen-bond donors (Lipinski definition) is 0. The smallest absolute Gasteiger partial charge is 0.195 e. The SMILES string of the molecule is CCC[C@H]1CC[C@H](CCC2CCC(CCC=C(F)C#N)CC2)CC1. The molecule has 2 aliphatic carbocycles. The van der Waals surface area contributed by atoms with Crippen LogP contribution in [0.15, 0.2) is 11.9 Å². The largest absolute Gasteiger partial charge is 0.196 e. The zero-order valence-electron chi connectivity index (χ0n) is 15.6. The molecular weight excluding hydrogens is 297 g/mol. The quantitative estimate of drug-likeness (QED) is 0.426. The number of allylic oxidation sites excluding steroid dienone is 2. The zero-order chi connectivity index (χ0) is 17.2. The predicted octanol–water partition coefficient (Wildman–Crippen LogP) is 7.34. The summed E-state index contributed by atoms with van der Waals surface area (Å²) in [5.41, 5.74) is 0. The van der Waals surface area contributed by atoms with Gasteiger partial charge in [-0.1, -0.05) is 84.0 Å². The maximum atomic E-state index is 12.8. The van der Waals surface area contributed by atoms with Gasteiger partial charge >= 0.3 is 0 Å². The molecule has 0 amide bonds. The van der Waals surface area contributed by atoms with Crippen LogP contribution in [0.5, 0.6) is 0 Å². The van der Waals surface area contributed by atoms with Crippen LogP contribution in [0.3, 0.4) is 0 Å². The third kappa shape index (κ3) is 6.96. The van der Waals surface area contributed by atoms with Crippen molar-refractivity contribution in [1.29, 1.82) is 5.26 Å². The molecule has 2 heteroatoms. The second kappa shape index (κ2) is 10.9. The number of nitrogens with zero attached hydrogens (tertiary/aromatic N) is 1. The second-order valence-corrected chi connectivity index (χ2v) is 8.38. The van der Waals surface area contributed by atoms with Crippen molar-refractivity contribution in [1.82, 2.24) is 0 Å². The minimum absolute atomic E-state index is 0.614. The van der Waals surface area contributed by atoms with Crippen LogP contribution < -0.4 is 0 Å². The normalized spacial score (nSPS) is 31.6. The fourth-order valence-electron chi connectivity index (χ4n) is 4.99. The molecule has 0 bridgehead atoms. The Kier molecular flexibility index (Phi) is 8.86. The van der Waals surface area contributed by atoms with Gasteiger partial charge in [0.05, 0.1) is 0 Å². The highest BCUT2D eigenvalue weighted by Crippen LogP contribution is 2.38. The van der Waals surface area contributed by atoms with Crippen LogP contribution in [0.1, 0.15) is 96.8 Å². The molecule has 0 aromatic carbocycles. The van der Waals surface area contributed by atoms with Crippen LogP contribution in [0.4, 0.5) is 4.39 Å². The van der Waals surface area contributed by atoms with Crippen LogP contribution in [0, 0.1) is 35.0 Å². The molecule has 136 valence electrons. The fourth-order valence-corrected chi connectivity index (χ4v) is 4.99. The molecule has 0 unspecified atom stereocenters. The maximum absolute atomic E-state index is 12.8. The molecule has 0 aromatic heterocycles. The summed E-state index contributed by atoms with van der Waals surface area (Å²) in [4.78, 5) is 0. The first-order valence-corrected chi connectivity index (χ1v) is 10.5. The van der Waals surface area contributed by atoms with Crippen LogP contribution in [0.2, 0.25) is 0 Å². The summed E-state index contributed by atoms with van der Waals surface area (Å²) in [5.74, 6) is 3.13. The Morgan fingerprint density at radius 2 is 1.25 bits per heavy atom. The standard InChI is InChI=1S/C22H36FN/c1-2-4-18-7-11-20(12-8-18)15-16-21-13-9-19(10-14-21)5-3-6-22(23)17-24/h6,18-21H,2-5,7-16H2,1H3/t18-,19?,20-,21?. The van der Waals surface area contributed by atoms with Crippen LogP contribution >= 0.6 is 0 Å². The number of nitriles is 1. The topological polar surface area (TPSA) is 23.8 Å². The molecule has 2 aliphatic rings. The summed E-state index contributed by atoms with van der Waals surface area (Å²) < 4.78 is 12.8. The first-order valence-electron chi connectivity index (χ1n) is 10.5. The van der Waals surface area contributed by atoms with Crippen molar-refractivity contribution in [3.63, 3.8) is 0 Å². The third-order valence-electron chi connectivity index (χ3n) is 6.62. The lowest BCUT2D eigenvalue weighted by atomic mass is 9.74. The van der Waals surface area contributed by atoms with E-state index in [0.29, 0.717) is 0 Å². The monoisotopic (exact) mass is 333 g/mol. The molecule has 0 radical (unpaired) electrons. The molecule has 2 fully saturated rings. The van der Waals surface area contributed by atoms with E-state index in [-0.39, 0.29) is 0 Å². The Balaban J connectivity index is 1.55. The molecule has 2 saturated carbocycles. The van der Waals surface area contributed by atoms with E-state index < -0.39 is 5.83 Å². The van der Waals surface area contributed by atoms with E-state index in [1.807, 2.05) is 0 Å². The van der Waals surface area contributed by atoms with E-state index in [1.54, 1.807) is 6.07 Å². The van der Waals surface area contributed by atoms with Gasteiger partial charge in [0.2, 0.25) is 0 Å². The van der Waals surface area contributed by atoms with E-state index in [2.05, 4.69) is 6.92 Å². The van der Waals surface area contributed by atoms with Gasteiger partial charge in [0, 0.05) is 0 Å². The summed E-state index contributed by atoms with van der Waals surface area (Å²) in [6, 6.07) is 1.56. The number of rotatable bonds is 8. The summed E-state index contributed by atoms with van der Waals surface area (Å²) in [7, 11) is 0. The van der Waals surface area contributed by atoms with Crippen molar-refractivity contribution in [3.8, 4) is 6.07 Å². The van der Waals surface area contributed by atoms with E-state index in [4.69, 9.17) is 5.26 Å². The first kappa shape index (κ1) is 19.5. The third-order valence-corrected chi connectivity index (χ3v) is 6.62. The molecule has 2 rings (SSSR count). The highest BCUT2D eigenvalue weighted by atomic mass is 19.1. The second-order valence-electron chi connectivity index (χ2n) is 8.38. The minimum Gasteiger partial charge on any atom is -0.195 e. The molecule has 0 aliphatic heterocycles. The van der Waals surface area contributed by atoms with E-state index in [0.717, 1.165) is 36.5 Å². The minimum atomic E-state index is -0.614. The number of halogens is 1. The lowest BCUT2D eigenvalue weighted by molar-refractivity contribution is 0.210. The van der Waals surface area contributed by atoms with Crippen molar-refractivity contribution in [2.75, 3.05) is 0 Å². The summed E-state index contributed by atoms with van der Waals surface area (Å²) in [6.07, 6.45) is 20.3. The van der Waals surface area contributed by atoms with Gasteiger partial charge in [-0.15, -0.1) is 0 Å². The molecule has 1 nitrogen and oxygen atoms in total. The van der Waals surface area contributed by atoms with Crippen LogP contribution in [0.25, 0.3) is 0 Å². The van der Waals surface area contributed by atoms with Gasteiger partial charge in [0.25, 0.3) is 0 Å². The van der Waals surface area contributed by atoms with E-state index in [9.17, 15) is 4.39 Å². The van der Waals surface area contributed by atoms with E-state index >= 15 is 0 Å². The van der Waals surface area contributed by atoms with Crippen molar-refractivity contribution < 1.29 is 4.39 Å². The summed E-state index contributed by atoms with van der Waals surface area (Å²) in [5, 5.41) is 8.42. The van der Waals surface area contributed by atoms with Crippen LogP contribution in [-0.4, -0.2) is 0 Å². The van der Waals surface area contributed by atoms with Gasteiger partial charge in [0.15, 0.2) is 5.83 Å². The van der Waals surface area contributed by atoms with Crippen molar-refractivity contribution >= 4 is 0 Å². The zero-order valence-corrected chi connectivity index (χ0v) is 15.6. The lowest BCUT2D eigenvalue weighted by Crippen LogP contribution is -2.18. The summed E-state index contributed by atoms with van der Waals surface area (Å²) >= 11 is 0. The molecule has 0 spiro atoms. The maximum Gasteiger partial charge on any atom is 0.196 e. The highest BCUT2D eigenvalue weighted by molar-refractivity contribution is 5.11. The Hall–Kier alpha value is -0.840.